The van der Waals surface area contributed by atoms with Crippen molar-refractivity contribution in [3.8, 4) is 0 Å². The number of pyridine rings is 1. The van der Waals surface area contributed by atoms with E-state index in [0.717, 1.165) is 10.9 Å². The molecule has 4 heteroatoms. The van der Waals surface area contributed by atoms with Crippen LogP contribution in [-0.4, -0.2) is 21.3 Å². The van der Waals surface area contributed by atoms with E-state index in [-0.39, 0.29) is 17.1 Å². The Morgan fingerprint density at radius 3 is 2.50 bits per heavy atom. The van der Waals surface area contributed by atoms with E-state index in [0.29, 0.717) is 5.69 Å². The number of hydrogen-bond acceptors (Lipinski definition) is 3. The van der Waals surface area contributed by atoms with Gasteiger partial charge in [-0.2, -0.15) is 0 Å². The first-order chi connectivity index (χ1) is 8.21. The van der Waals surface area contributed by atoms with Crippen molar-refractivity contribution >= 4 is 15.9 Å². The highest BCUT2D eigenvalue weighted by Gasteiger charge is 2.49. The SMILES string of the molecule is CC1(C)CC(C(O)c2ccc(Br)cn2)C(C)(C)O1. The summed E-state index contributed by atoms with van der Waals surface area (Å²) in [7, 11) is 0. The number of halogens is 1. The van der Waals surface area contributed by atoms with Crippen molar-refractivity contribution in [2.75, 3.05) is 0 Å². The van der Waals surface area contributed by atoms with Crippen molar-refractivity contribution in [1.29, 1.82) is 0 Å². The summed E-state index contributed by atoms with van der Waals surface area (Å²) in [5, 5.41) is 10.5. The van der Waals surface area contributed by atoms with E-state index < -0.39 is 6.10 Å². The van der Waals surface area contributed by atoms with Gasteiger partial charge >= 0.3 is 0 Å². The maximum absolute atomic E-state index is 10.5. The predicted octanol–water partition coefficient (Wildman–Crippen LogP) is 3.47. The summed E-state index contributed by atoms with van der Waals surface area (Å²) in [4.78, 5) is 4.28. The van der Waals surface area contributed by atoms with Crippen LogP contribution in [0.4, 0.5) is 0 Å². The molecule has 2 heterocycles. The highest BCUT2D eigenvalue weighted by molar-refractivity contribution is 9.10. The monoisotopic (exact) mass is 313 g/mol. The molecule has 0 radical (unpaired) electrons. The van der Waals surface area contributed by atoms with Crippen LogP contribution < -0.4 is 0 Å². The van der Waals surface area contributed by atoms with E-state index in [9.17, 15) is 5.11 Å². The predicted molar refractivity (Wildman–Crippen MR) is 74.2 cm³/mol. The molecule has 100 valence electrons. The van der Waals surface area contributed by atoms with Gasteiger partial charge in [-0.25, -0.2) is 0 Å². The zero-order valence-electron chi connectivity index (χ0n) is 11.3. The molecule has 1 fully saturated rings. The van der Waals surface area contributed by atoms with Crippen molar-refractivity contribution in [2.45, 2.75) is 51.4 Å². The molecule has 18 heavy (non-hydrogen) atoms. The zero-order chi connectivity index (χ0) is 13.6. The van der Waals surface area contributed by atoms with E-state index in [2.05, 4.69) is 34.8 Å². The van der Waals surface area contributed by atoms with Crippen LogP contribution in [0.15, 0.2) is 22.8 Å². The third-order valence-electron chi connectivity index (χ3n) is 3.58. The zero-order valence-corrected chi connectivity index (χ0v) is 12.9. The van der Waals surface area contributed by atoms with Crippen LogP contribution in [0.25, 0.3) is 0 Å². The van der Waals surface area contributed by atoms with Gasteiger partial charge in [0.15, 0.2) is 0 Å². The molecule has 0 saturated carbocycles. The number of rotatable bonds is 2. The third kappa shape index (κ3) is 2.76. The van der Waals surface area contributed by atoms with Crippen LogP contribution >= 0.6 is 15.9 Å². The average molecular weight is 314 g/mol. The molecule has 1 aromatic rings. The van der Waals surface area contributed by atoms with E-state index in [1.807, 2.05) is 26.0 Å². The summed E-state index contributed by atoms with van der Waals surface area (Å²) in [5.41, 5.74) is 0.180. The Morgan fingerprint density at radius 2 is 2.06 bits per heavy atom. The highest BCUT2D eigenvalue weighted by Crippen LogP contribution is 2.47. The first-order valence-electron chi connectivity index (χ1n) is 6.21. The summed E-state index contributed by atoms with van der Waals surface area (Å²) >= 11 is 3.35. The number of ether oxygens (including phenoxy) is 1. The van der Waals surface area contributed by atoms with Gasteiger partial charge in [-0.3, -0.25) is 4.98 Å². The van der Waals surface area contributed by atoms with Crippen molar-refractivity contribution in [1.82, 2.24) is 4.98 Å². The summed E-state index contributed by atoms with van der Waals surface area (Å²) in [6.45, 7) is 8.20. The minimum atomic E-state index is -0.588. The molecule has 2 rings (SSSR count). The molecule has 1 saturated heterocycles. The van der Waals surface area contributed by atoms with Crippen molar-refractivity contribution in [2.24, 2.45) is 5.92 Å². The van der Waals surface area contributed by atoms with Crippen molar-refractivity contribution in [3.63, 3.8) is 0 Å². The number of nitrogens with zero attached hydrogens (tertiary/aromatic N) is 1. The molecule has 0 amide bonds. The van der Waals surface area contributed by atoms with E-state index in [1.165, 1.54) is 0 Å². The van der Waals surface area contributed by atoms with Crippen LogP contribution in [0, 0.1) is 5.92 Å². The van der Waals surface area contributed by atoms with E-state index in [4.69, 9.17) is 4.74 Å². The number of aliphatic hydroxyl groups is 1. The van der Waals surface area contributed by atoms with E-state index in [1.54, 1.807) is 6.20 Å². The third-order valence-corrected chi connectivity index (χ3v) is 4.05. The van der Waals surface area contributed by atoms with Gasteiger partial charge in [0.2, 0.25) is 0 Å². The molecule has 3 nitrogen and oxygen atoms in total. The average Bonchev–Trinajstić information content (AvgIpc) is 2.47. The van der Waals surface area contributed by atoms with Gasteiger partial charge in [0, 0.05) is 16.6 Å². The minimum absolute atomic E-state index is 0.0566. The van der Waals surface area contributed by atoms with Gasteiger partial charge < -0.3 is 9.84 Å². The molecule has 1 aliphatic rings. The Hall–Kier alpha value is -0.450. The molecule has 0 spiro atoms. The molecular formula is C14H20BrNO2. The first-order valence-corrected chi connectivity index (χ1v) is 7.00. The second-order valence-electron chi connectivity index (χ2n) is 6.12. The Balaban J connectivity index is 2.23. The Labute approximate surface area is 117 Å². The fraction of sp³-hybridized carbons (Fsp3) is 0.643. The molecule has 2 unspecified atom stereocenters. The minimum Gasteiger partial charge on any atom is -0.386 e. The van der Waals surface area contributed by atoms with Gasteiger partial charge in [0.1, 0.15) is 6.10 Å². The summed E-state index contributed by atoms with van der Waals surface area (Å²) in [6.07, 6.45) is 1.96. The standard InChI is InChI=1S/C14H20BrNO2/c1-13(2)7-10(14(3,4)18-13)12(17)11-6-5-9(15)8-16-11/h5-6,8,10,12,17H,7H2,1-4H3. The molecule has 1 aromatic heterocycles. The van der Waals surface area contributed by atoms with Crippen LogP contribution in [0.5, 0.6) is 0 Å². The molecule has 1 aliphatic heterocycles. The maximum Gasteiger partial charge on any atom is 0.102 e. The number of hydrogen-bond donors (Lipinski definition) is 1. The molecule has 2 atom stereocenters. The fourth-order valence-corrected chi connectivity index (χ4v) is 3.10. The highest BCUT2D eigenvalue weighted by atomic mass is 79.9. The lowest BCUT2D eigenvalue weighted by atomic mass is 9.82. The van der Waals surface area contributed by atoms with Crippen LogP contribution in [0.1, 0.15) is 45.9 Å². The normalized spacial score (nSPS) is 27.1. The van der Waals surface area contributed by atoms with Crippen molar-refractivity contribution in [3.05, 3.63) is 28.5 Å². The van der Waals surface area contributed by atoms with E-state index >= 15 is 0 Å². The van der Waals surface area contributed by atoms with Gasteiger partial charge in [-0.05, 0) is 62.2 Å². The second kappa shape index (κ2) is 4.58. The molecule has 0 aromatic carbocycles. The number of aromatic nitrogens is 1. The maximum atomic E-state index is 10.5. The smallest absolute Gasteiger partial charge is 0.102 e. The quantitative estimate of drug-likeness (QED) is 0.909. The topological polar surface area (TPSA) is 42.4 Å². The lowest BCUT2D eigenvalue weighted by molar-refractivity contribution is -0.0884. The first kappa shape index (κ1) is 14.0. The van der Waals surface area contributed by atoms with Crippen LogP contribution in [-0.2, 0) is 4.74 Å². The van der Waals surface area contributed by atoms with Gasteiger partial charge in [-0.1, -0.05) is 0 Å². The Morgan fingerprint density at radius 1 is 1.39 bits per heavy atom. The van der Waals surface area contributed by atoms with Gasteiger partial charge in [0.25, 0.3) is 0 Å². The van der Waals surface area contributed by atoms with Crippen LogP contribution in [0.2, 0.25) is 0 Å². The lowest BCUT2D eigenvalue weighted by Gasteiger charge is -2.30. The summed E-state index contributed by atoms with van der Waals surface area (Å²) < 4.78 is 6.94. The molecule has 0 bridgehead atoms. The Kier molecular flexibility index (Phi) is 3.56. The van der Waals surface area contributed by atoms with Gasteiger partial charge in [0.05, 0.1) is 16.9 Å². The summed E-state index contributed by atoms with van der Waals surface area (Å²) in [6, 6.07) is 3.76. The number of aliphatic hydroxyl groups excluding tert-OH is 1. The fourth-order valence-electron chi connectivity index (χ4n) is 2.87. The summed E-state index contributed by atoms with van der Waals surface area (Å²) in [5.74, 6) is 0.0566. The largest absolute Gasteiger partial charge is 0.386 e. The van der Waals surface area contributed by atoms with Crippen molar-refractivity contribution < 1.29 is 9.84 Å². The van der Waals surface area contributed by atoms with Gasteiger partial charge in [-0.15, -0.1) is 0 Å². The van der Waals surface area contributed by atoms with Crippen LogP contribution in [0.3, 0.4) is 0 Å². The second-order valence-corrected chi connectivity index (χ2v) is 7.04. The molecular weight excluding hydrogens is 294 g/mol. The Bertz CT molecular complexity index is 428. The molecule has 1 N–H and O–H groups in total. The lowest BCUT2D eigenvalue weighted by Crippen LogP contribution is -2.32. The molecule has 0 aliphatic carbocycles.